The highest BCUT2D eigenvalue weighted by Crippen LogP contribution is 2.35. The van der Waals surface area contributed by atoms with Gasteiger partial charge >= 0.3 is 0 Å². The predicted molar refractivity (Wildman–Crippen MR) is 81.3 cm³/mol. The van der Waals surface area contributed by atoms with Gasteiger partial charge in [0.15, 0.2) is 0 Å². The Bertz CT molecular complexity index is 492. The first-order valence-corrected chi connectivity index (χ1v) is 8.36. The average molecular weight is 294 g/mol. The molecular formula is C15H22N2O2S. The minimum Gasteiger partial charge on any atom is -0.390 e. The molecule has 1 aliphatic heterocycles. The maximum Gasteiger partial charge on any atom is 0.257 e. The van der Waals surface area contributed by atoms with Gasteiger partial charge in [-0.05, 0) is 31.2 Å². The molecule has 1 amide bonds. The van der Waals surface area contributed by atoms with Crippen LogP contribution in [0.5, 0.6) is 0 Å². The van der Waals surface area contributed by atoms with Crippen LogP contribution in [0.1, 0.15) is 46.5 Å². The van der Waals surface area contributed by atoms with Crippen LogP contribution >= 0.6 is 11.3 Å². The first-order valence-electron chi connectivity index (χ1n) is 7.54. The highest BCUT2D eigenvalue weighted by molar-refractivity contribution is 7.16. The van der Waals surface area contributed by atoms with Crippen LogP contribution in [0.25, 0.3) is 0 Å². The van der Waals surface area contributed by atoms with E-state index in [9.17, 15) is 4.79 Å². The van der Waals surface area contributed by atoms with Crippen molar-refractivity contribution in [1.29, 1.82) is 0 Å². The predicted octanol–water partition coefficient (Wildman–Crippen LogP) is 2.46. The number of fused-ring (bicyclic) bond motifs is 1. The van der Waals surface area contributed by atoms with E-state index >= 15 is 0 Å². The molecule has 0 unspecified atom stereocenters. The van der Waals surface area contributed by atoms with Crippen molar-refractivity contribution in [1.82, 2.24) is 4.90 Å². The van der Waals surface area contributed by atoms with Crippen molar-refractivity contribution < 1.29 is 9.53 Å². The Labute approximate surface area is 123 Å². The Balaban J connectivity index is 1.89. The number of nitrogen functional groups attached to an aromatic ring is 1. The highest BCUT2D eigenvalue weighted by atomic mass is 32.1. The maximum atomic E-state index is 12.7. The molecule has 0 aromatic carbocycles. The van der Waals surface area contributed by atoms with Gasteiger partial charge in [0.2, 0.25) is 0 Å². The summed E-state index contributed by atoms with van der Waals surface area (Å²) in [6, 6.07) is 0. The van der Waals surface area contributed by atoms with Crippen LogP contribution in [0.4, 0.5) is 5.00 Å². The van der Waals surface area contributed by atoms with Crippen LogP contribution in [0.3, 0.4) is 0 Å². The third-order valence-corrected chi connectivity index (χ3v) is 5.33. The summed E-state index contributed by atoms with van der Waals surface area (Å²) >= 11 is 1.63. The van der Waals surface area contributed by atoms with Gasteiger partial charge in [-0.25, -0.2) is 0 Å². The van der Waals surface area contributed by atoms with Gasteiger partial charge in [-0.1, -0.05) is 12.8 Å². The van der Waals surface area contributed by atoms with Gasteiger partial charge < -0.3 is 15.4 Å². The third-order valence-electron chi connectivity index (χ3n) is 4.21. The van der Waals surface area contributed by atoms with Crippen LogP contribution in [0.2, 0.25) is 0 Å². The summed E-state index contributed by atoms with van der Waals surface area (Å²) in [4.78, 5) is 16.0. The fraction of sp³-hybridized carbons (Fsp3) is 0.667. The standard InChI is InChI=1S/C15H22N2O2S/c16-14-13(15(18)17-7-9-19-10-8-17)11-5-3-1-2-4-6-12(11)20-14/h1-10,16H2. The molecule has 1 aliphatic carbocycles. The lowest BCUT2D eigenvalue weighted by molar-refractivity contribution is 0.0303. The number of ether oxygens (including phenoxy) is 1. The normalized spacial score (nSPS) is 20.1. The van der Waals surface area contributed by atoms with Crippen molar-refractivity contribution in [2.45, 2.75) is 38.5 Å². The van der Waals surface area contributed by atoms with Gasteiger partial charge in [0, 0.05) is 18.0 Å². The molecule has 2 heterocycles. The van der Waals surface area contributed by atoms with Crippen molar-refractivity contribution in [3.8, 4) is 0 Å². The van der Waals surface area contributed by atoms with Gasteiger partial charge in [-0.2, -0.15) is 0 Å². The molecule has 0 spiro atoms. The molecule has 4 nitrogen and oxygen atoms in total. The number of hydrogen-bond donors (Lipinski definition) is 1. The van der Waals surface area contributed by atoms with Crippen LogP contribution in [-0.2, 0) is 17.6 Å². The van der Waals surface area contributed by atoms with Gasteiger partial charge in [0.25, 0.3) is 5.91 Å². The van der Waals surface area contributed by atoms with Gasteiger partial charge in [0.1, 0.15) is 0 Å². The molecular weight excluding hydrogens is 272 g/mol. The zero-order valence-corrected chi connectivity index (χ0v) is 12.6. The SMILES string of the molecule is Nc1sc2c(c1C(=O)N1CCOCC1)CCCCCC2. The molecule has 1 aromatic rings. The van der Waals surface area contributed by atoms with E-state index in [1.165, 1.54) is 36.1 Å². The molecule has 2 aliphatic rings. The number of amides is 1. The number of aryl methyl sites for hydroxylation is 1. The fourth-order valence-electron chi connectivity index (χ4n) is 3.10. The molecule has 0 radical (unpaired) electrons. The summed E-state index contributed by atoms with van der Waals surface area (Å²) in [7, 11) is 0. The van der Waals surface area contributed by atoms with Gasteiger partial charge in [-0.3, -0.25) is 4.79 Å². The van der Waals surface area contributed by atoms with Crippen molar-refractivity contribution in [3.63, 3.8) is 0 Å². The molecule has 2 N–H and O–H groups in total. The van der Waals surface area contributed by atoms with E-state index in [4.69, 9.17) is 10.5 Å². The lowest BCUT2D eigenvalue weighted by Crippen LogP contribution is -2.41. The largest absolute Gasteiger partial charge is 0.390 e. The number of hydrogen-bond acceptors (Lipinski definition) is 4. The lowest BCUT2D eigenvalue weighted by atomic mass is 9.96. The molecule has 1 saturated heterocycles. The molecule has 3 rings (SSSR count). The first kappa shape index (κ1) is 13.9. The number of nitrogens with two attached hydrogens (primary N) is 1. The topological polar surface area (TPSA) is 55.6 Å². The van der Waals surface area contributed by atoms with E-state index in [1.807, 2.05) is 4.90 Å². The number of rotatable bonds is 1. The number of nitrogens with zero attached hydrogens (tertiary/aromatic N) is 1. The zero-order chi connectivity index (χ0) is 13.9. The van der Waals surface area contributed by atoms with E-state index in [-0.39, 0.29) is 5.91 Å². The Hall–Kier alpha value is -1.07. The third kappa shape index (κ3) is 2.69. The number of anilines is 1. The maximum absolute atomic E-state index is 12.7. The summed E-state index contributed by atoms with van der Waals surface area (Å²) in [5.41, 5.74) is 8.21. The Morgan fingerprint density at radius 2 is 1.80 bits per heavy atom. The zero-order valence-electron chi connectivity index (χ0n) is 11.8. The monoisotopic (exact) mass is 294 g/mol. The molecule has 5 heteroatoms. The second-order valence-electron chi connectivity index (χ2n) is 5.56. The quantitative estimate of drug-likeness (QED) is 0.865. The summed E-state index contributed by atoms with van der Waals surface area (Å²) in [5.74, 6) is 0.115. The van der Waals surface area contributed by atoms with Crippen molar-refractivity contribution in [2.24, 2.45) is 0 Å². The molecule has 1 aromatic heterocycles. The Morgan fingerprint density at radius 3 is 2.55 bits per heavy atom. The minimum atomic E-state index is 0.115. The number of carbonyl (C=O) groups is 1. The average Bonchev–Trinajstić information content (AvgIpc) is 2.74. The smallest absolute Gasteiger partial charge is 0.257 e. The second kappa shape index (κ2) is 6.14. The van der Waals surface area contributed by atoms with Gasteiger partial charge in [-0.15, -0.1) is 11.3 Å². The molecule has 0 atom stereocenters. The van der Waals surface area contributed by atoms with Crippen molar-refractivity contribution >= 4 is 22.2 Å². The van der Waals surface area contributed by atoms with Crippen LogP contribution in [0, 0.1) is 0 Å². The number of carbonyl (C=O) groups excluding carboxylic acids is 1. The molecule has 0 saturated carbocycles. The van der Waals surface area contributed by atoms with Gasteiger partial charge in [0.05, 0.1) is 23.8 Å². The highest BCUT2D eigenvalue weighted by Gasteiger charge is 2.27. The molecule has 20 heavy (non-hydrogen) atoms. The lowest BCUT2D eigenvalue weighted by Gasteiger charge is -2.27. The molecule has 0 bridgehead atoms. The molecule has 110 valence electrons. The van der Waals surface area contributed by atoms with E-state index in [0.29, 0.717) is 31.3 Å². The van der Waals surface area contributed by atoms with E-state index < -0.39 is 0 Å². The van der Waals surface area contributed by atoms with E-state index in [1.54, 1.807) is 11.3 Å². The summed E-state index contributed by atoms with van der Waals surface area (Å²) in [5, 5.41) is 0.716. The summed E-state index contributed by atoms with van der Waals surface area (Å²) < 4.78 is 5.32. The summed E-state index contributed by atoms with van der Waals surface area (Å²) in [6.45, 7) is 2.64. The van der Waals surface area contributed by atoms with Crippen LogP contribution in [-0.4, -0.2) is 37.1 Å². The number of morpholine rings is 1. The minimum absolute atomic E-state index is 0.115. The van der Waals surface area contributed by atoms with Crippen LogP contribution < -0.4 is 5.73 Å². The van der Waals surface area contributed by atoms with Crippen molar-refractivity contribution in [3.05, 3.63) is 16.0 Å². The Morgan fingerprint density at radius 1 is 1.10 bits per heavy atom. The first-order chi connectivity index (χ1) is 9.77. The van der Waals surface area contributed by atoms with Crippen molar-refractivity contribution in [2.75, 3.05) is 32.0 Å². The van der Waals surface area contributed by atoms with E-state index in [2.05, 4.69) is 0 Å². The van der Waals surface area contributed by atoms with E-state index in [0.717, 1.165) is 18.4 Å². The summed E-state index contributed by atoms with van der Waals surface area (Å²) in [6.07, 6.45) is 7.05. The fourth-order valence-corrected chi connectivity index (χ4v) is 4.25. The van der Waals surface area contributed by atoms with Crippen LogP contribution in [0.15, 0.2) is 0 Å². The second-order valence-corrected chi connectivity index (χ2v) is 6.70. The number of thiophene rings is 1. The molecule has 1 fully saturated rings. The Kier molecular flexibility index (Phi) is 4.27.